The fourth-order valence-corrected chi connectivity index (χ4v) is 8.98. The number of nitrogens with zero attached hydrogens (tertiary/aromatic N) is 1. The van der Waals surface area contributed by atoms with Crippen molar-refractivity contribution in [2.75, 3.05) is 46.6 Å². The third-order valence-corrected chi connectivity index (χ3v) is 12.3. The first-order valence-electron chi connectivity index (χ1n) is 18.6. The quantitative estimate of drug-likeness (QED) is 0.0661. The Bertz CT molecular complexity index is 2720. The molecule has 12 nitrogen and oxygen atoms in total. The molecule has 2 heterocycles. The number of halogens is 5. The first-order valence-corrected chi connectivity index (χ1v) is 25.1. The number of fused-ring (bicyclic) bond motifs is 2. The van der Waals surface area contributed by atoms with E-state index in [1.165, 1.54) is 58.9 Å². The van der Waals surface area contributed by atoms with Crippen LogP contribution in [0.2, 0.25) is 0 Å². The molecule has 0 spiro atoms. The Morgan fingerprint density at radius 1 is 0.705 bits per heavy atom. The molecule has 0 aliphatic rings. The van der Waals surface area contributed by atoms with Crippen molar-refractivity contribution in [2.24, 2.45) is 0 Å². The fourth-order valence-electron chi connectivity index (χ4n) is 5.95. The number of carbonyl (C=O) groups is 2. The van der Waals surface area contributed by atoms with E-state index in [0.29, 0.717) is 82.6 Å². The number of alkyl halides is 1. The van der Waals surface area contributed by atoms with E-state index < -0.39 is 31.7 Å². The van der Waals surface area contributed by atoms with Crippen LogP contribution in [-0.4, -0.2) is 76.2 Å². The molecule has 2 aromatic heterocycles. The van der Waals surface area contributed by atoms with Crippen LogP contribution >= 0.6 is 47.8 Å². The van der Waals surface area contributed by atoms with Gasteiger partial charge in [0.1, 0.15) is 34.3 Å². The van der Waals surface area contributed by atoms with E-state index in [9.17, 15) is 35.2 Å². The molecule has 0 unspecified atom stereocenters. The lowest BCUT2D eigenvalue weighted by molar-refractivity contribution is 0.0981. The summed E-state index contributed by atoms with van der Waals surface area (Å²) in [6.07, 6.45) is 3.76. The van der Waals surface area contributed by atoms with Crippen molar-refractivity contribution in [3.63, 3.8) is 0 Å². The van der Waals surface area contributed by atoms with Crippen LogP contribution in [0.25, 0.3) is 44.6 Å². The summed E-state index contributed by atoms with van der Waals surface area (Å²) in [5.41, 5.74) is 3.20. The maximum absolute atomic E-state index is 13.4. The van der Waals surface area contributed by atoms with Crippen LogP contribution < -0.4 is 9.03 Å². The number of aliphatic hydroxyl groups excluding tert-OH is 2. The van der Waals surface area contributed by atoms with Crippen LogP contribution in [0.1, 0.15) is 60.2 Å². The second kappa shape index (κ2) is 21.9. The maximum Gasteiger partial charge on any atom is 0.232 e. The molecule has 6 rings (SSSR count). The molecule has 0 saturated carbocycles. The first kappa shape index (κ1) is 49.7. The van der Waals surface area contributed by atoms with Gasteiger partial charge in [-0.15, -0.1) is 0 Å². The highest BCUT2D eigenvalue weighted by Crippen LogP contribution is 2.41. The summed E-state index contributed by atoms with van der Waals surface area (Å²) in [5.74, 6) is -0.434. The van der Waals surface area contributed by atoms with E-state index in [1.807, 2.05) is 0 Å². The van der Waals surface area contributed by atoms with Crippen molar-refractivity contribution in [1.29, 1.82) is 0 Å². The number of Topliss-reactive ketones (excluding diaryl/α,β-unsaturated/α-hetero) is 2. The number of ketones is 2. The number of furan rings is 2. The summed E-state index contributed by atoms with van der Waals surface area (Å²) >= 11 is 9.88. The van der Waals surface area contributed by atoms with Crippen LogP contribution in [0.15, 0.2) is 90.6 Å². The minimum Gasteiger partial charge on any atom is -0.455 e. The molecule has 328 valence electrons. The zero-order chi connectivity index (χ0) is 45.2. The lowest BCUT2D eigenvalue weighted by Gasteiger charge is -2.23. The molecule has 0 fully saturated rings. The molecule has 19 heteroatoms. The molecular formula is C42H43Br3F2N2O10S2. The molecule has 6 aromatic rings. The van der Waals surface area contributed by atoms with Gasteiger partial charge in [0.15, 0.2) is 11.6 Å². The van der Waals surface area contributed by atoms with Gasteiger partial charge in [0, 0.05) is 80.9 Å². The zero-order valence-electron chi connectivity index (χ0n) is 33.4. The fraction of sp³-hybridized carbons (Fsp3) is 0.286. The number of hydrogen-bond donors (Lipinski definition) is 3. The molecule has 0 aliphatic heterocycles. The van der Waals surface area contributed by atoms with Crippen molar-refractivity contribution in [2.45, 2.75) is 39.5 Å². The SMILES string of the molecule is CCC(=O)c1c(-c2ccc(F)cc2)oc2cc(N(CCCO)S(C)(=O)=O)c(Br)cc12.CCC(=O)c1c(-c2ccc(F)cc2)oc2cc(NS(C)(=O)=O)c(Br)cc12.OCCCBr. The Labute approximate surface area is 377 Å². The standard InChI is InChI=1S/C21H21BrFNO5S.C18H15BrFNO4S.C3H7BrO/c1-3-18(26)20-15-11-16(22)17(24(9-4-10-25)30(2,27)28)12-19(15)29-21(20)13-5-7-14(23)8-6-13;1-3-15(22)17-12-8-13(19)14(21-26(2,23)24)9-16(12)25-18(17)10-4-6-11(20)7-5-10;4-2-1-3-5/h5-8,11-12,25H,3-4,9-10H2,1-2H3;4-9,21H,3H2,1-2H3;5H,1-3H2. The molecule has 0 radical (unpaired) electrons. The monoisotopic (exact) mass is 1070 g/mol. The molecule has 0 aliphatic carbocycles. The van der Waals surface area contributed by atoms with E-state index >= 15 is 0 Å². The topological polar surface area (TPSA) is 184 Å². The van der Waals surface area contributed by atoms with E-state index in [4.69, 9.17) is 19.0 Å². The Morgan fingerprint density at radius 2 is 1.15 bits per heavy atom. The smallest absolute Gasteiger partial charge is 0.232 e. The minimum atomic E-state index is -3.62. The highest BCUT2D eigenvalue weighted by molar-refractivity contribution is 9.11. The lowest BCUT2D eigenvalue weighted by atomic mass is 10.0. The molecule has 3 N–H and O–H groups in total. The van der Waals surface area contributed by atoms with Crippen molar-refractivity contribution in [1.82, 2.24) is 0 Å². The molecule has 0 saturated heterocycles. The number of benzene rings is 4. The first-order chi connectivity index (χ1) is 28.8. The van der Waals surface area contributed by atoms with Crippen LogP contribution in [0.4, 0.5) is 20.2 Å². The van der Waals surface area contributed by atoms with Crippen molar-refractivity contribution in [3.05, 3.63) is 105 Å². The molecule has 0 amide bonds. The van der Waals surface area contributed by atoms with E-state index in [1.54, 1.807) is 32.0 Å². The summed E-state index contributed by atoms with van der Waals surface area (Å²) < 4.78 is 90.6. The Kier molecular flexibility index (Phi) is 17.8. The Balaban J connectivity index is 0.000000244. The summed E-state index contributed by atoms with van der Waals surface area (Å²) in [6.45, 7) is 3.71. The highest BCUT2D eigenvalue weighted by atomic mass is 79.9. The summed E-state index contributed by atoms with van der Waals surface area (Å²) in [7, 11) is -7.10. The number of sulfonamides is 2. The third kappa shape index (κ3) is 12.8. The largest absolute Gasteiger partial charge is 0.455 e. The average molecular weight is 1080 g/mol. The normalized spacial score (nSPS) is 11.5. The summed E-state index contributed by atoms with van der Waals surface area (Å²) in [6, 6.07) is 17.6. The Morgan fingerprint density at radius 3 is 1.52 bits per heavy atom. The molecular weight excluding hydrogens is 1030 g/mol. The lowest BCUT2D eigenvalue weighted by Crippen LogP contribution is -2.31. The van der Waals surface area contributed by atoms with Crippen molar-refractivity contribution < 1.29 is 54.3 Å². The van der Waals surface area contributed by atoms with E-state index in [-0.39, 0.29) is 44.0 Å². The van der Waals surface area contributed by atoms with Crippen LogP contribution in [0, 0.1) is 11.6 Å². The van der Waals surface area contributed by atoms with Gasteiger partial charge in [0.2, 0.25) is 20.0 Å². The zero-order valence-corrected chi connectivity index (χ0v) is 39.8. The minimum absolute atomic E-state index is 0.0890. The number of hydrogen-bond acceptors (Lipinski definition) is 10. The van der Waals surface area contributed by atoms with Crippen LogP contribution in [-0.2, 0) is 20.0 Å². The Hall–Kier alpha value is -3.98. The predicted molar refractivity (Wildman–Crippen MR) is 246 cm³/mol. The van der Waals surface area contributed by atoms with Gasteiger partial charge in [0.25, 0.3) is 0 Å². The molecule has 0 atom stereocenters. The van der Waals surface area contributed by atoms with Gasteiger partial charge < -0.3 is 19.0 Å². The second-order valence-corrected chi connectivity index (χ2v) is 19.5. The van der Waals surface area contributed by atoms with Gasteiger partial charge in [-0.05, 0) is 105 Å². The highest BCUT2D eigenvalue weighted by Gasteiger charge is 2.26. The molecule has 4 aromatic carbocycles. The van der Waals surface area contributed by atoms with Crippen molar-refractivity contribution >= 4 is 113 Å². The van der Waals surface area contributed by atoms with Gasteiger partial charge in [-0.25, -0.2) is 25.6 Å². The third-order valence-electron chi connectivity index (χ3n) is 8.72. The van der Waals surface area contributed by atoms with Crippen LogP contribution in [0.3, 0.4) is 0 Å². The van der Waals surface area contributed by atoms with E-state index in [0.717, 1.165) is 24.3 Å². The number of aliphatic hydroxyl groups is 2. The molecule has 61 heavy (non-hydrogen) atoms. The predicted octanol–water partition coefficient (Wildman–Crippen LogP) is 10.5. The van der Waals surface area contributed by atoms with Gasteiger partial charge in [0.05, 0.1) is 35.0 Å². The second-order valence-electron chi connectivity index (χ2n) is 13.4. The summed E-state index contributed by atoms with van der Waals surface area (Å²) in [5, 5.41) is 19.2. The van der Waals surface area contributed by atoms with Crippen molar-refractivity contribution in [3.8, 4) is 22.6 Å². The number of carbonyl (C=O) groups excluding carboxylic acids is 2. The van der Waals surface area contributed by atoms with Gasteiger partial charge in [-0.3, -0.25) is 18.6 Å². The van der Waals surface area contributed by atoms with Gasteiger partial charge in [-0.1, -0.05) is 29.8 Å². The maximum atomic E-state index is 13.4. The van der Waals surface area contributed by atoms with Gasteiger partial charge >= 0.3 is 0 Å². The summed E-state index contributed by atoms with van der Waals surface area (Å²) in [4.78, 5) is 25.2. The van der Waals surface area contributed by atoms with Crippen LogP contribution in [0.5, 0.6) is 0 Å². The average Bonchev–Trinajstić information content (AvgIpc) is 3.75. The van der Waals surface area contributed by atoms with E-state index in [2.05, 4.69) is 52.5 Å². The molecule has 0 bridgehead atoms. The number of anilines is 2. The van der Waals surface area contributed by atoms with Gasteiger partial charge in [-0.2, -0.15) is 0 Å². The number of rotatable bonds is 15. The number of nitrogens with one attached hydrogen (secondary N) is 1.